The number of carbonyl (C=O) groups is 1. The fourth-order valence-corrected chi connectivity index (χ4v) is 4.64. The Morgan fingerprint density at radius 1 is 1.17 bits per heavy atom. The number of benzene rings is 1. The summed E-state index contributed by atoms with van der Waals surface area (Å²) in [5, 5.41) is 4.38. The number of rotatable bonds is 6. The lowest BCUT2D eigenvalue weighted by Gasteiger charge is -2.36. The van der Waals surface area contributed by atoms with Gasteiger partial charge in [0.1, 0.15) is 17.0 Å². The molecule has 7 heteroatoms. The number of hydrogen-bond acceptors (Lipinski definition) is 6. The smallest absolute Gasteiger partial charge is 0.224 e. The van der Waals surface area contributed by atoms with E-state index in [2.05, 4.69) is 64.4 Å². The number of carbonyl (C=O) groups excluding carboxylic acids is 1. The van der Waals surface area contributed by atoms with Crippen LogP contribution in [0.3, 0.4) is 0 Å². The first-order valence-corrected chi connectivity index (χ1v) is 11.0. The van der Waals surface area contributed by atoms with Gasteiger partial charge in [0.05, 0.1) is 5.39 Å². The lowest BCUT2D eigenvalue weighted by atomic mass is 10.2. The third-order valence-electron chi connectivity index (χ3n) is 5.36. The van der Waals surface area contributed by atoms with Gasteiger partial charge in [0.2, 0.25) is 5.91 Å². The van der Waals surface area contributed by atoms with E-state index < -0.39 is 0 Å². The van der Waals surface area contributed by atoms with Crippen LogP contribution in [-0.2, 0) is 11.2 Å². The summed E-state index contributed by atoms with van der Waals surface area (Å²) in [6, 6.07) is 10.7. The van der Waals surface area contributed by atoms with Gasteiger partial charge in [0, 0.05) is 49.7 Å². The lowest BCUT2D eigenvalue weighted by Crippen LogP contribution is -2.49. The van der Waals surface area contributed by atoms with Gasteiger partial charge in [-0.05, 0) is 37.1 Å². The fraction of sp³-hybridized carbons (Fsp3) is 0.409. The second-order valence-corrected chi connectivity index (χ2v) is 8.51. The molecule has 3 heterocycles. The van der Waals surface area contributed by atoms with E-state index in [0.717, 1.165) is 48.6 Å². The molecule has 4 rings (SSSR count). The second kappa shape index (κ2) is 8.78. The van der Waals surface area contributed by atoms with Gasteiger partial charge in [-0.15, -0.1) is 11.3 Å². The van der Waals surface area contributed by atoms with Gasteiger partial charge >= 0.3 is 0 Å². The van der Waals surface area contributed by atoms with Crippen molar-refractivity contribution in [2.75, 3.05) is 42.9 Å². The Balaban J connectivity index is 1.28. The summed E-state index contributed by atoms with van der Waals surface area (Å²) in [5.41, 5.74) is 2.51. The highest BCUT2D eigenvalue weighted by molar-refractivity contribution is 7.18. The Bertz CT molecular complexity index is 994. The van der Waals surface area contributed by atoms with Crippen LogP contribution in [0.1, 0.15) is 23.8 Å². The normalized spacial score (nSPS) is 14.4. The number of piperazine rings is 1. The number of aromatic nitrogens is 2. The number of amides is 1. The van der Waals surface area contributed by atoms with Crippen LogP contribution in [0.4, 0.5) is 11.5 Å². The molecule has 152 valence electrons. The van der Waals surface area contributed by atoms with Gasteiger partial charge < -0.3 is 15.1 Å². The van der Waals surface area contributed by atoms with Crippen molar-refractivity contribution in [3.05, 3.63) is 47.1 Å². The zero-order chi connectivity index (χ0) is 20.2. The van der Waals surface area contributed by atoms with Crippen LogP contribution in [0.5, 0.6) is 0 Å². The van der Waals surface area contributed by atoms with Gasteiger partial charge in [-0.25, -0.2) is 9.97 Å². The fourth-order valence-electron chi connectivity index (χ4n) is 3.71. The molecule has 0 unspecified atom stereocenters. The van der Waals surface area contributed by atoms with Crippen LogP contribution < -0.4 is 10.2 Å². The average molecular weight is 410 g/mol. The minimum atomic E-state index is 0.200. The van der Waals surface area contributed by atoms with Crippen molar-refractivity contribution in [3.8, 4) is 0 Å². The molecular formula is C22H27N5OS. The number of anilines is 2. The molecule has 0 aliphatic carbocycles. The molecule has 1 saturated heterocycles. The first-order chi connectivity index (χ1) is 14.1. The van der Waals surface area contributed by atoms with Crippen LogP contribution >= 0.6 is 11.3 Å². The van der Waals surface area contributed by atoms with Crippen LogP contribution in [-0.4, -0.2) is 53.5 Å². The highest BCUT2D eigenvalue weighted by Gasteiger charge is 2.21. The van der Waals surface area contributed by atoms with Crippen molar-refractivity contribution in [2.45, 2.75) is 26.7 Å². The van der Waals surface area contributed by atoms with Crippen molar-refractivity contribution in [3.63, 3.8) is 0 Å². The molecular weight excluding hydrogens is 382 g/mol. The molecule has 29 heavy (non-hydrogen) atoms. The molecule has 0 bridgehead atoms. The van der Waals surface area contributed by atoms with Crippen LogP contribution in [0.2, 0.25) is 0 Å². The first kappa shape index (κ1) is 19.6. The zero-order valence-electron chi connectivity index (χ0n) is 17.0. The molecule has 3 aromatic rings. The average Bonchev–Trinajstić information content (AvgIpc) is 3.18. The minimum absolute atomic E-state index is 0.200. The quantitative estimate of drug-likeness (QED) is 0.672. The molecule has 1 aliphatic heterocycles. The number of thiophene rings is 1. The maximum atomic E-state index is 12.6. The zero-order valence-corrected chi connectivity index (χ0v) is 17.8. The topological polar surface area (TPSA) is 61.4 Å². The first-order valence-electron chi connectivity index (χ1n) is 10.2. The van der Waals surface area contributed by atoms with Crippen molar-refractivity contribution in [2.24, 2.45) is 0 Å². The molecule has 1 aliphatic rings. The van der Waals surface area contributed by atoms with E-state index in [1.807, 2.05) is 4.90 Å². The highest BCUT2D eigenvalue weighted by atomic mass is 32.1. The van der Waals surface area contributed by atoms with E-state index in [1.165, 1.54) is 16.1 Å². The van der Waals surface area contributed by atoms with E-state index in [9.17, 15) is 4.79 Å². The Morgan fingerprint density at radius 3 is 2.76 bits per heavy atom. The highest BCUT2D eigenvalue weighted by Crippen LogP contribution is 2.28. The van der Waals surface area contributed by atoms with Crippen molar-refractivity contribution in [1.29, 1.82) is 0 Å². The predicted molar refractivity (Wildman–Crippen MR) is 120 cm³/mol. The standard InChI is InChI=1S/C22H27N5OS/c1-3-18-14-19-21(24-15-25-22(19)29-18)23-8-7-20(28)27-11-9-26(10-12-27)17-6-4-5-16(2)13-17/h4-6,13-15H,3,7-12H2,1-2H3,(H,23,24,25). The van der Waals surface area contributed by atoms with Crippen molar-refractivity contribution < 1.29 is 4.79 Å². The van der Waals surface area contributed by atoms with E-state index in [1.54, 1.807) is 17.7 Å². The molecule has 6 nitrogen and oxygen atoms in total. The van der Waals surface area contributed by atoms with Gasteiger partial charge in [-0.2, -0.15) is 0 Å². The van der Waals surface area contributed by atoms with Gasteiger partial charge in [-0.3, -0.25) is 4.79 Å². The molecule has 1 amide bonds. The van der Waals surface area contributed by atoms with Crippen LogP contribution in [0.15, 0.2) is 36.7 Å². The summed E-state index contributed by atoms with van der Waals surface area (Å²) < 4.78 is 0. The SMILES string of the molecule is CCc1cc2c(NCCC(=O)N3CCN(c4cccc(C)c4)CC3)ncnc2s1. The number of hydrogen-bond donors (Lipinski definition) is 1. The molecule has 1 aromatic carbocycles. The monoisotopic (exact) mass is 409 g/mol. The van der Waals surface area contributed by atoms with Crippen molar-refractivity contribution in [1.82, 2.24) is 14.9 Å². The summed E-state index contributed by atoms with van der Waals surface area (Å²) >= 11 is 1.70. The largest absolute Gasteiger partial charge is 0.369 e. The molecule has 0 radical (unpaired) electrons. The molecule has 2 aromatic heterocycles. The molecule has 1 N–H and O–H groups in total. The van der Waals surface area contributed by atoms with Gasteiger partial charge in [-0.1, -0.05) is 19.1 Å². The number of nitrogens with zero attached hydrogens (tertiary/aromatic N) is 4. The maximum Gasteiger partial charge on any atom is 0.224 e. The van der Waals surface area contributed by atoms with E-state index in [-0.39, 0.29) is 5.91 Å². The summed E-state index contributed by atoms with van der Waals surface area (Å²) in [7, 11) is 0. The van der Waals surface area contributed by atoms with Crippen molar-refractivity contribution >= 4 is 39.0 Å². The number of nitrogens with one attached hydrogen (secondary N) is 1. The third kappa shape index (κ3) is 4.50. The third-order valence-corrected chi connectivity index (χ3v) is 6.55. The van der Waals surface area contributed by atoms with Crippen LogP contribution in [0, 0.1) is 6.92 Å². The summed E-state index contributed by atoms with van der Waals surface area (Å²) in [6.45, 7) is 8.14. The summed E-state index contributed by atoms with van der Waals surface area (Å²) in [4.78, 5) is 28.0. The molecule has 0 spiro atoms. The molecule has 0 saturated carbocycles. The van der Waals surface area contributed by atoms with E-state index >= 15 is 0 Å². The van der Waals surface area contributed by atoms with Gasteiger partial charge in [0.25, 0.3) is 0 Å². The molecule has 0 atom stereocenters. The van der Waals surface area contributed by atoms with E-state index in [4.69, 9.17) is 0 Å². The van der Waals surface area contributed by atoms with Crippen LogP contribution in [0.25, 0.3) is 10.2 Å². The summed E-state index contributed by atoms with van der Waals surface area (Å²) in [5.74, 6) is 1.02. The summed E-state index contributed by atoms with van der Waals surface area (Å²) in [6.07, 6.45) is 3.06. The second-order valence-electron chi connectivity index (χ2n) is 7.39. The molecule has 1 fully saturated rings. The minimum Gasteiger partial charge on any atom is -0.369 e. The number of aryl methyl sites for hydroxylation is 2. The predicted octanol–water partition coefficient (Wildman–Crippen LogP) is 3.71. The number of fused-ring (bicyclic) bond motifs is 1. The Hall–Kier alpha value is -2.67. The Morgan fingerprint density at radius 2 is 2.00 bits per heavy atom. The Labute approximate surface area is 175 Å². The Kier molecular flexibility index (Phi) is 5.94. The van der Waals surface area contributed by atoms with E-state index in [0.29, 0.717) is 13.0 Å². The van der Waals surface area contributed by atoms with Gasteiger partial charge in [0.15, 0.2) is 0 Å². The lowest BCUT2D eigenvalue weighted by molar-refractivity contribution is -0.131. The maximum absolute atomic E-state index is 12.6.